The molecule has 1 aromatic heterocycles. The third-order valence-electron chi connectivity index (χ3n) is 3.25. The first-order valence-corrected chi connectivity index (χ1v) is 6.05. The van der Waals surface area contributed by atoms with E-state index in [1.54, 1.807) is 30.3 Å². The second-order valence-corrected chi connectivity index (χ2v) is 4.50. The van der Waals surface area contributed by atoms with E-state index in [0.717, 1.165) is 5.69 Å². The quantitative estimate of drug-likeness (QED) is 0.814. The molecule has 3 rings (SSSR count). The van der Waals surface area contributed by atoms with Crippen molar-refractivity contribution in [2.75, 3.05) is 12.3 Å². The van der Waals surface area contributed by atoms with Crippen molar-refractivity contribution in [2.24, 2.45) is 0 Å². The number of anilines is 1. The second-order valence-electron chi connectivity index (χ2n) is 4.50. The minimum absolute atomic E-state index is 0.222. The molecular weight excluding hydrogens is 242 g/mol. The Balaban J connectivity index is 1.77. The lowest BCUT2D eigenvalue weighted by molar-refractivity contribution is 0.0656. The molecule has 19 heavy (non-hydrogen) atoms. The van der Waals surface area contributed by atoms with Gasteiger partial charge in [0.15, 0.2) is 0 Å². The van der Waals surface area contributed by atoms with Crippen molar-refractivity contribution in [3.8, 4) is 0 Å². The van der Waals surface area contributed by atoms with Crippen LogP contribution in [0.4, 0.5) is 5.82 Å². The fourth-order valence-corrected chi connectivity index (χ4v) is 2.28. The molecule has 2 amide bonds. The molecule has 1 aromatic carbocycles. The van der Waals surface area contributed by atoms with Crippen LogP contribution in [0.25, 0.3) is 0 Å². The number of benzene rings is 1. The summed E-state index contributed by atoms with van der Waals surface area (Å²) in [6.45, 7) is 0.353. The van der Waals surface area contributed by atoms with E-state index in [9.17, 15) is 9.59 Å². The summed E-state index contributed by atoms with van der Waals surface area (Å²) in [7, 11) is 0. The number of imide groups is 1. The standard InChI is InChI=1S/C14H13N3O2/c15-12-6-5-9(16-12)7-8-17-13(18)10-3-1-2-4-11(10)14(17)19/h1-6,16H,7-8,15H2. The number of hydrogen-bond acceptors (Lipinski definition) is 3. The molecule has 0 fully saturated rings. The summed E-state index contributed by atoms with van der Waals surface area (Å²) >= 11 is 0. The number of amides is 2. The number of fused-ring (bicyclic) bond motifs is 1. The molecule has 1 aliphatic heterocycles. The van der Waals surface area contributed by atoms with Gasteiger partial charge in [0.2, 0.25) is 0 Å². The van der Waals surface area contributed by atoms with Crippen LogP contribution in [0.15, 0.2) is 36.4 Å². The Morgan fingerprint density at radius 3 is 2.16 bits per heavy atom. The molecule has 0 unspecified atom stereocenters. The third kappa shape index (κ3) is 1.89. The van der Waals surface area contributed by atoms with Crippen LogP contribution in [0, 0.1) is 0 Å². The van der Waals surface area contributed by atoms with Gasteiger partial charge >= 0.3 is 0 Å². The molecule has 0 bridgehead atoms. The van der Waals surface area contributed by atoms with Crippen LogP contribution in [0.5, 0.6) is 0 Å². The summed E-state index contributed by atoms with van der Waals surface area (Å²) < 4.78 is 0. The maximum Gasteiger partial charge on any atom is 0.261 e. The fourth-order valence-electron chi connectivity index (χ4n) is 2.28. The van der Waals surface area contributed by atoms with Gasteiger partial charge in [0.1, 0.15) is 5.82 Å². The zero-order chi connectivity index (χ0) is 13.4. The number of nitrogens with one attached hydrogen (secondary N) is 1. The van der Waals surface area contributed by atoms with Crippen LogP contribution in [0.3, 0.4) is 0 Å². The van der Waals surface area contributed by atoms with Crippen molar-refractivity contribution in [2.45, 2.75) is 6.42 Å². The molecular formula is C14H13N3O2. The molecule has 0 radical (unpaired) electrons. The highest BCUT2D eigenvalue weighted by molar-refractivity contribution is 6.21. The minimum Gasteiger partial charge on any atom is -0.385 e. The number of carbonyl (C=O) groups excluding carboxylic acids is 2. The number of nitrogen functional groups attached to an aromatic ring is 1. The average molecular weight is 255 g/mol. The summed E-state index contributed by atoms with van der Waals surface area (Å²) in [4.78, 5) is 28.5. The molecule has 1 aliphatic rings. The molecule has 0 saturated heterocycles. The normalized spacial score (nSPS) is 14.0. The predicted octanol–water partition coefficient (Wildman–Crippen LogP) is 1.44. The number of hydrogen-bond donors (Lipinski definition) is 2. The van der Waals surface area contributed by atoms with Gasteiger partial charge in [0.25, 0.3) is 11.8 Å². The van der Waals surface area contributed by atoms with Gasteiger partial charge in [-0.15, -0.1) is 0 Å². The van der Waals surface area contributed by atoms with Gasteiger partial charge in [-0.25, -0.2) is 0 Å². The average Bonchev–Trinajstić information content (AvgIpc) is 2.93. The molecule has 2 heterocycles. The molecule has 0 spiro atoms. The van der Waals surface area contributed by atoms with Crippen molar-refractivity contribution in [1.29, 1.82) is 0 Å². The monoisotopic (exact) mass is 255 g/mol. The summed E-state index contributed by atoms with van der Waals surface area (Å²) in [5.74, 6) is 0.137. The predicted molar refractivity (Wildman–Crippen MR) is 70.7 cm³/mol. The highest BCUT2D eigenvalue weighted by Crippen LogP contribution is 2.22. The van der Waals surface area contributed by atoms with Crippen molar-refractivity contribution in [3.63, 3.8) is 0 Å². The summed E-state index contributed by atoms with van der Waals surface area (Å²) in [5.41, 5.74) is 7.46. The summed E-state index contributed by atoms with van der Waals surface area (Å²) in [6.07, 6.45) is 0.572. The Labute approximate surface area is 110 Å². The Morgan fingerprint density at radius 2 is 1.63 bits per heavy atom. The SMILES string of the molecule is Nc1ccc(CCN2C(=O)c3ccccc3C2=O)[nH]1. The summed E-state index contributed by atoms with van der Waals surface area (Å²) in [6, 6.07) is 10.5. The number of aromatic nitrogens is 1. The zero-order valence-corrected chi connectivity index (χ0v) is 10.2. The van der Waals surface area contributed by atoms with E-state index >= 15 is 0 Å². The molecule has 5 heteroatoms. The van der Waals surface area contributed by atoms with Gasteiger partial charge in [0, 0.05) is 18.7 Å². The number of carbonyl (C=O) groups is 2. The van der Waals surface area contributed by atoms with Crippen molar-refractivity contribution in [3.05, 3.63) is 53.2 Å². The van der Waals surface area contributed by atoms with Crippen molar-refractivity contribution in [1.82, 2.24) is 9.88 Å². The van der Waals surface area contributed by atoms with Gasteiger partial charge in [-0.3, -0.25) is 14.5 Å². The zero-order valence-electron chi connectivity index (χ0n) is 10.2. The van der Waals surface area contributed by atoms with E-state index in [-0.39, 0.29) is 11.8 Å². The smallest absolute Gasteiger partial charge is 0.261 e. The van der Waals surface area contributed by atoms with Crippen molar-refractivity contribution < 1.29 is 9.59 Å². The number of H-pyrrole nitrogens is 1. The van der Waals surface area contributed by atoms with Gasteiger partial charge < -0.3 is 10.7 Å². The topological polar surface area (TPSA) is 79.2 Å². The van der Waals surface area contributed by atoms with Crippen molar-refractivity contribution >= 4 is 17.6 Å². The first-order valence-electron chi connectivity index (χ1n) is 6.05. The molecule has 2 aromatic rings. The first kappa shape index (κ1) is 11.5. The van der Waals surface area contributed by atoms with Crippen LogP contribution in [-0.2, 0) is 6.42 Å². The fraction of sp³-hybridized carbons (Fsp3) is 0.143. The minimum atomic E-state index is -0.222. The molecule has 0 aliphatic carbocycles. The molecule has 96 valence electrons. The Hall–Kier alpha value is -2.56. The highest BCUT2D eigenvalue weighted by Gasteiger charge is 2.34. The van der Waals surface area contributed by atoms with Crippen LogP contribution in [0.1, 0.15) is 26.4 Å². The molecule has 3 N–H and O–H groups in total. The van der Waals surface area contributed by atoms with E-state index in [1.807, 2.05) is 6.07 Å². The Bertz CT molecular complexity index is 625. The van der Waals surface area contributed by atoms with E-state index in [4.69, 9.17) is 5.73 Å². The van der Waals surface area contributed by atoms with E-state index in [1.165, 1.54) is 4.90 Å². The number of rotatable bonds is 3. The highest BCUT2D eigenvalue weighted by atomic mass is 16.2. The second kappa shape index (κ2) is 4.28. The van der Waals surface area contributed by atoms with Gasteiger partial charge in [-0.2, -0.15) is 0 Å². The van der Waals surface area contributed by atoms with E-state index in [2.05, 4.69) is 4.98 Å². The lowest BCUT2D eigenvalue weighted by atomic mass is 10.1. The Kier molecular flexibility index (Phi) is 2.59. The third-order valence-corrected chi connectivity index (χ3v) is 3.25. The lowest BCUT2D eigenvalue weighted by Crippen LogP contribution is -2.31. The van der Waals surface area contributed by atoms with Gasteiger partial charge in [-0.05, 0) is 24.3 Å². The summed E-state index contributed by atoms with van der Waals surface area (Å²) in [5, 5.41) is 0. The molecule has 0 atom stereocenters. The van der Waals surface area contributed by atoms with E-state index < -0.39 is 0 Å². The van der Waals surface area contributed by atoms with E-state index in [0.29, 0.717) is 29.9 Å². The number of nitrogens with two attached hydrogens (primary N) is 1. The Morgan fingerprint density at radius 1 is 1.00 bits per heavy atom. The van der Waals surface area contributed by atoms with Crippen LogP contribution in [0.2, 0.25) is 0 Å². The van der Waals surface area contributed by atoms with Gasteiger partial charge in [0.05, 0.1) is 11.1 Å². The largest absolute Gasteiger partial charge is 0.385 e. The lowest BCUT2D eigenvalue weighted by Gasteiger charge is -2.12. The number of nitrogens with zero attached hydrogens (tertiary/aromatic N) is 1. The maximum atomic E-state index is 12.1. The van der Waals surface area contributed by atoms with Crippen LogP contribution in [-0.4, -0.2) is 28.2 Å². The van der Waals surface area contributed by atoms with Crippen LogP contribution >= 0.6 is 0 Å². The molecule has 5 nitrogen and oxygen atoms in total. The maximum absolute atomic E-state index is 12.1. The number of aromatic amines is 1. The van der Waals surface area contributed by atoms with Crippen LogP contribution < -0.4 is 5.73 Å². The molecule has 0 saturated carbocycles. The van der Waals surface area contributed by atoms with Gasteiger partial charge in [-0.1, -0.05) is 12.1 Å². The first-order chi connectivity index (χ1) is 9.16.